The molecule has 0 unspecified atom stereocenters. The van der Waals surface area contributed by atoms with Gasteiger partial charge in [0, 0.05) is 10.0 Å². The smallest absolute Gasteiger partial charge is 0.153 e. The number of carbonyl (C=O) groups excluding carboxylic acids is 1. The van der Waals surface area contributed by atoms with Crippen LogP contribution >= 0.6 is 23.2 Å². The molecule has 2 aromatic rings. The van der Waals surface area contributed by atoms with Crippen LogP contribution in [0.1, 0.15) is 10.4 Å². The van der Waals surface area contributed by atoms with Crippen molar-refractivity contribution in [1.82, 2.24) is 0 Å². The van der Waals surface area contributed by atoms with Crippen molar-refractivity contribution in [2.75, 3.05) is 0 Å². The predicted molar refractivity (Wildman–Crippen MR) is 69.0 cm³/mol. The maximum Gasteiger partial charge on any atom is 0.153 e. The van der Waals surface area contributed by atoms with E-state index in [0.29, 0.717) is 16.3 Å². The van der Waals surface area contributed by atoms with Crippen LogP contribution in [0, 0.1) is 0 Å². The number of aldehydes is 1. The second-order valence-corrected chi connectivity index (χ2v) is 4.42. The van der Waals surface area contributed by atoms with Crippen molar-refractivity contribution < 1.29 is 9.90 Å². The third-order valence-electron chi connectivity index (χ3n) is 2.35. The number of hydrogen-bond acceptors (Lipinski definition) is 2. The molecule has 1 N–H and O–H groups in total. The van der Waals surface area contributed by atoms with Crippen LogP contribution in [0.2, 0.25) is 10.0 Å². The van der Waals surface area contributed by atoms with E-state index in [1.165, 1.54) is 6.07 Å². The molecule has 0 heterocycles. The molecule has 0 aliphatic carbocycles. The highest BCUT2D eigenvalue weighted by Crippen LogP contribution is 2.30. The molecule has 0 spiro atoms. The number of aromatic hydroxyl groups is 1. The molecule has 0 fully saturated rings. The molecule has 0 saturated carbocycles. The van der Waals surface area contributed by atoms with Gasteiger partial charge in [0.15, 0.2) is 6.29 Å². The number of phenols is 1. The zero-order valence-corrected chi connectivity index (χ0v) is 10.2. The van der Waals surface area contributed by atoms with Gasteiger partial charge in [-0.1, -0.05) is 29.3 Å². The number of hydrogen-bond donors (Lipinski definition) is 1. The van der Waals surface area contributed by atoms with Gasteiger partial charge in [-0.05, 0) is 41.5 Å². The van der Waals surface area contributed by atoms with Crippen LogP contribution in [-0.4, -0.2) is 11.4 Å². The van der Waals surface area contributed by atoms with E-state index >= 15 is 0 Å². The predicted octanol–water partition coefficient (Wildman–Crippen LogP) is 4.18. The maximum atomic E-state index is 10.6. The summed E-state index contributed by atoms with van der Waals surface area (Å²) in [6.07, 6.45) is 0.601. The Bertz CT molecular complexity index is 559. The summed E-state index contributed by atoms with van der Waals surface area (Å²) in [6.45, 7) is 0. The first-order valence-corrected chi connectivity index (χ1v) is 5.60. The lowest BCUT2D eigenvalue weighted by atomic mass is 10.0. The first kappa shape index (κ1) is 12.0. The molecule has 0 aromatic heterocycles. The van der Waals surface area contributed by atoms with Crippen molar-refractivity contribution in [2.45, 2.75) is 0 Å². The van der Waals surface area contributed by atoms with Crippen molar-refractivity contribution in [1.29, 1.82) is 0 Å². The fourth-order valence-electron chi connectivity index (χ4n) is 1.54. The van der Waals surface area contributed by atoms with E-state index in [1.807, 2.05) is 0 Å². The van der Waals surface area contributed by atoms with Crippen molar-refractivity contribution in [3.8, 4) is 16.9 Å². The highest BCUT2D eigenvalue weighted by atomic mass is 35.5. The number of phenolic OH excluding ortho intramolecular Hbond substituents is 1. The highest BCUT2D eigenvalue weighted by Gasteiger charge is 2.05. The molecule has 0 saturated heterocycles. The minimum Gasteiger partial charge on any atom is -0.507 e. The van der Waals surface area contributed by atoms with E-state index in [1.54, 1.807) is 30.3 Å². The summed E-state index contributed by atoms with van der Waals surface area (Å²) < 4.78 is 0. The molecule has 0 atom stereocenters. The number of carbonyl (C=O) groups is 1. The van der Waals surface area contributed by atoms with Crippen molar-refractivity contribution in [3.05, 3.63) is 52.0 Å². The Hall–Kier alpha value is -1.51. The number of benzene rings is 2. The van der Waals surface area contributed by atoms with Crippen LogP contribution in [-0.2, 0) is 0 Å². The Morgan fingerprint density at radius 2 is 1.59 bits per heavy atom. The average Bonchev–Trinajstić information content (AvgIpc) is 2.27. The summed E-state index contributed by atoms with van der Waals surface area (Å²) in [5.74, 6) is -0.0615. The molecule has 2 aromatic carbocycles. The third-order valence-corrected chi connectivity index (χ3v) is 2.79. The molecular weight excluding hydrogens is 259 g/mol. The fourth-order valence-corrected chi connectivity index (χ4v) is 2.07. The van der Waals surface area contributed by atoms with Crippen molar-refractivity contribution in [2.24, 2.45) is 0 Å². The highest BCUT2D eigenvalue weighted by molar-refractivity contribution is 6.35. The van der Waals surface area contributed by atoms with Gasteiger partial charge >= 0.3 is 0 Å². The zero-order chi connectivity index (χ0) is 12.4. The molecule has 86 valence electrons. The molecular formula is C13H8Cl2O2. The summed E-state index contributed by atoms with van der Waals surface area (Å²) in [7, 11) is 0. The van der Waals surface area contributed by atoms with Crippen molar-refractivity contribution in [3.63, 3.8) is 0 Å². The minimum atomic E-state index is -0.0615. The molecule has 2 nitrogen and oxygen atoms in total. The van der Waals surface area contributed by atoms with Gasteiger partial charge in [-0.2, -0.15) is 0 Å². The lowest BCUT2D eigenvalue weighted by Crippen LogP contribution is -1.84. The molecule has 4 heteroatoms. The normalized spacial score (nSPS) is 10.2. The van der Waals surface area contributed by atoms with Crippen LogP contribution < -0.4 is 0 Å². The van der Waals surface area contributed by atoms with E-state index < -0.39 is 0 Å². The lowest BCUT2D eigenvalue weighted by molar-refractivity contribution is 0.112. The van der Waals surface area contributed by atoms with Crippen LogP contribution in [0.5, 0.6) is 5.75 Å². The number of rotatable bonds is 2. The molecule has 0 radical (unpaired) electrons. The molecule has 0 aliphatic rings. The fraction of sp³-hybridized carbons (Fsp3) is 0. The van der Waals surface area contributed by atoms with Gasteiger partial charge in [0.25, 0.3) is 0 Å². The van der Waals surface area contributed by atoms with Gasteiger partial charge in [0.2, 0.25) is 0 Å². The Kier molecular flexibility index (Phi) is 3.36. The van der Waals surface area contributed by atoms with E-state index in [4.69, 9.17) is 23.2 Å². The first-order chi connectivity index (χ1) is 8.10. The van der Waals surface area contributed by atoms with Crippen LogP contribution in [0.15, 0.2) is 36.4 Å². The van der Waals surface area contributed by atoms with E-state index in [0.717, 1.165) is 11.1 Å². The summed E-state index contributed by atoms with van der Waals surface area (Å²) in [5.41, 5.74) is 1.79. The second-order valence-electron chi connectivity index (χ2n) is 3.55. The van der Waals surface area contributed by atoms with E-state index in [2.05, 4.69) is 0 Å². The SMILES string of the molecule is O=Cc1ccc(-c2cc(Cl)cc(Cl)c2)cc1O. The zero-order valence-electron chi connectivity index (χ0n) is 8.65. The third kappa shape index (κ3) is 2.60. The average molecular weight is 267 g/mol. The molecule has 0 aliphatic heterocycles. The van der Waals surface area contributed by atoms with Crippen molar-refractivity contribution >= 4 is 29.5 Å². The molecule has 0 amide bonds. The summed E-state index contributed by atoms with van der Waals surface area (Å²) in [5, 5.41) is 10.6. The van der Waals surface area contributed by atoms with Gasteiger partial charge in [0.05, 0.1) is 5.56 Å². The molecule has 2 rings (SSSR count). The van der Waals surface area contributed by atoms with Gasteiger partial charge < -0.3 is 5.11 Å². The quantitative estimate of drug-likeness (QED) is 0.829. The van der Waals surface area contributed by atoms with E-state index in [9.17, 15) is 9.90 Å². The Morgan fingerprint density at radius 1 is 0.941 bits per heavy atom. The van der Waals surface area contributed by atoms with Crippen LogP contribution in [0.3, 0.4) is 0 Å². The molecule has 0 bridgehead atoms. The minimum absolute atomic E-state index is 0.0615. The molecule has 17 heavy (non-hydrogen) atoms. The van der Waals surface area contributed by atoms with Gasteiger partial charge in [-0.3, -0.25) is 4.79 Å². The largest absolute Gasteiger partial charge is 0.507 e. The Morgan fingerprint density at radius 3 is 2.12 bits per heavy atom. The topological polar surface area (TPSA) is 37.3 Å². The summed E-state index contributed by atoms with van der Waals surface area (Å²) in [6, 6.07) is 9.89. The Balaban J connectivity index is 2.53. The van der Waals surface area contributed by atoms with Gasteiger partial charge in [0.1, 0.15) is 5.75 Å². The van der Waals surface area contributed by atoms with Gasteiger partial charge in [-0.15, -0.1) is 0 Å². The van der Waals surface area contributed by atoms with E-state index in [-0.39, 0.29) is 11.3 Å². The summed E-state index contributed by atoms with van der Waals surface area (Å²) in [4.78, 5) is 10.6. The maximum absolute atomic E-state index is 10.6. The number of halogens is 2. The standard InChI is InChI=1S/C13H8Cl2O2/c14-11-3-10(4-12(15)6-11)8-1-2-9(7-16)13(17)5-8/h1-7,17H. The lowest BCUT2D eigenvalue weighted by Gasteiger charge is -2.05. The summed E-state index contributed by atoms with van der Waals surface area (Å²) >= 11 is 11.8. The second kappa shape index (κ2) is 4.78. The Labute approximate surface area is 108 Å². The van der Waals surface area contributed by atoms with Gasteiger partial charge in [-0.25, -0.2) is 0 Å². The van der Waals surface area contributed by atoms with Crippen LogP contribution in [0.4, 0.5) is 0 Å². The van der Waals surface area contributed by atoms with Crippen LogP contribution in [0.25, 0.3) is 11.1 Å². The first-order valence-electron chi connectivity index (χ1n) is 4.85. The monoisotopic (exact) mass is 266 g/mol.